The van der Waals surface area contributed by atoms with Crippen LogP contribution in [0.4, 0.5) is 30.7 Å². The lowest BCUT2D eigenvalue weighted by Gasteiger charge is -2.32. The summed E-state index contributed by atoms with van der Waals surface area (Å²) in [6, 6.07) is 11.7. The van der Waals surface area contributed by atoms with Crippen molar-refractivity contribution in [2.45, 2.75) is 43.4 Å². The maximum Gasteiger partial charge on any atom is 0.416 e. The molecule has 3 aromatic carbocycles. The average Bonchev–Trinajstić information content (AvgIpc) is 2.89. The highest BCUT2D eigenvalue weighted by atomic mass is 32.2. The van der Waals surface area contributed by atoms with Crippen LogP contribution in [-0.4, -0.2) is 34.5 Å². The molecule has 1 heterocycles. The summed E-state index contributed by atoms with van der Waals surface area (Å²) >= 11 is 0. The van der Waals surface area contributed by atoms with Gasteiger partial charge in [0, 0.05) is 13.2 Å². The first-order valence-electron chi connectivity index (χ1n) is 12.1. The van der Waals surface area contributed by atoms with Crippen molar-refractivity contribution in [2.75, 3.05) is 19.8 Å². The van der Waals surface area contributed by atoms with E-state index in [0.29, 0.717) is 18.8 Å². The van der Waals surface area contributed by atoms with Crippen LogP contribution in [0.3, 0.4) is 0 Å². The van der Waals surface area contributed by atoms with E-state index in [9.17, 15) is 39.2 Å². The van der Waals surface area contributed by atoms with Crippen molar-refractivity contribution < 1.29 is 52.8 Å². The Bertz CT molecular complexity index is 1360. The van der Waals surface area contributed by atoms with Crippen molar-refractivity contribution >= 4 is 10.1 Å². The lowest BCUT2D eigenvalue weighted by molar-refractivity contribution is -0.174. The number of alkyl halides is 6. The Morgan fingerprint density at radius 3 is 1.98 bits per heavy atom. The van der Waals surface area contributed by atoms with Crippen LogP contribution < -0.4 is 9.50 Å². The van der Waals surface area contributed by atoms with Crippen LogP contribution in [0.1, 0.15) is 35.2 Å². The van der Waals surface area contributed by atoms with Gasteiger partial charge in [-0.15, -0.1) is 0 Å². The molecule has 1 N–H and O–H groups in total. The van der Waals surface area contributed by atoms with Crippen LogP contribution in [0.5, 0.6) is 5.75 Å². The Morgan fingerprint density at radius 2 is 1.46 bits per heavy atom. The summed E-state index contributed by atoms with van der Waals surface area (Å²) < 4.78 is 129. The second kappa shape index (κ2) is 13.2. The topological polar surface area (TPSA) is 73.9 Å². The molecule has 1 saturated heterocycles. The molecule has 0 bridgehead atoms. The summed E-state index contributed by atoms with van der Waals surface area (Å²) in [4.78, 5) is -0.399. The van der Waals surface area contributed by atoms with Crippen molar-refractivity contribution in [3.8, 4) is 5.75 Å². The SMILES string of the molecule is CCOC1OCCNC1c1ccc(F)cc1.Cc1ccc(S(=O)(=O)Oc2cc(C(F)(F)F)cc(C(F)(F)F)c2)cc1. The van der Waals surface area contributed by atoms with Gasteiger partial charge in [0.15, 0.2) is 6.29 Å². The van der Waals surface area contributed by atoms with E-state index in [-0.39, 0.29) is 36.3 Å². The molecule has 14 heteroatoms. The van der Waals surface area contributed by atoms with Crippen LogP contribution in [-0.2, 0) is 31.9 Å². The number of hydrogen-bond acceptors (Lipinski definition) is 6. The molecular formula is C27H26F7NO5S. The van der Waals surface area contributed by atoms with Gasteiger partial charge < -0.3 is 19.0 Å². The monoisotopic (exact) mass is 609 g/mol. The van der Waals surface area contributed by atoms with Crippen molar-refractivity contribution in [1.82, 2.24) is 5.32 Å². The van der Waals surface area contributed by atoms with Crippen LogP contribution in [0.15, 0.2) is 71.6 Å². The molecule has 0 aliphatic carbocycles. The molecule has 6 nitrogen and oxygen atoms in total. The van der Waals surface area contributed by atoms with Gasteiger partial charge in [0.25, 0.3) is 0 Å². The third-order valence-corrected chi connectivity index (χ3v) is 6.92. The zero-order valence-corrected chi connectivity index (χ0v) is 22.5. The summed E-state index contributed by atoms with van der Waals surface area (Å²) in [5.41, 5.74) is -1.65. The minimum atomic E-state index is -5.10. The zero-order chi connectivity index (χ0) is 30.4. The van der Waals surface area contributed by atoms with Gasteiger partial charge >= 0.3 is 22.5 Å². The summed E-state index contributed by atoms with van der Waals surface area (Å²) in [6.45, 7) is 5.62. The van der Waals surface area contributed by atoms with Crippen LogP contribution in [0.2, 0.25) is 0 Å². The van der Waals surface area contributed by atoms with Gasteiger partial charge in [0.1, 0.15) is 16.5 Å². The predicted octanol–water partition coefficient (Wildman–Crippen LogP) is 6.65. The Balaban J connectivity index is 0.000000248. The van der Waals surface area contributed by atoms with Crippen molar-refractivity contribution in [1.29, 1.82) is 0 Å². The lowest BCUT2D eigenvalue weighted by Crippen LogP contribution is -2.43. The molecule has 3 aromatic rings. The second-order valence-electron chi connectivity index (χ2n) is 8.77. The van der Waals surface area contributed by atoms with Crippen molar-refractivity contribution in [2.24, 2.45) is 0 Å². The van der Waals surface area contributed by atoms with Crippen LogP contribution in [0, 0.1) is 12.7 Å². The highest BCUT2D eigenvalue weighted by molar-refractivity contribution is 7.87. The molecule has 1 fully saturated rings. The number of aryl methyl sites for hydroxylation is 1. The van der Waals surface area contributed by atoms with Gasteiger partial charge in [-0.3, -0.25) is 0 Å². The highest BCUT2D eigenvalue weighted by Gasteiger charge is 2.37. The minimum Gasteiger partial charge on any atom is -0.379 e. The molecule has 0 radical (unpaired) electrons. The Hall–Kier alpha value is -3.20. The summed E-state index contributed by atoms with van der Waals surface area (Å²) in [7, 11) is -4.59. The van der Waals surface area contributed by atoms with E-state index < -0.39 is 44.2 Å². The molecule has 0 aromatic heterocycles. The van der Waals surface area contributed by atoms with E-state index in [1.54, 1.807) is 19.1 Å². The fourth-order valence-electron chi connectivity index (χ4n) is 3.69. The molecule has 2 unspecified atom stereocenters. The molecule has 4 rings (SSSR count). The number of benzene rings is 3. The summed E-state index contributed by atoms with van der Waals surface area (Å²) in [6.07, 6.45) is -10.5. The highest BCUT2D eigenvalue weighted by Crippen LogP contribution is 2.38. The number of halogens is 7. The Labute approximate surface area is 232 Å². The molecular weight excluding hydrogens is 583 g/mol. The smallest absolute Gasteiger partial charge is 0.379 e. The third-order valence-electron chi connectivity index (χ3n) is 5.66. The van der Waals surface area contributed by atoms with E-state index in [2.05, 4.69) is 9.50 Å². The van der Waals surface area contributed by atoms with Gasteiger partial charge in [-0.25, -0.2) is 4.39 Å². The summed E-state index contributed by atoms with van der Waals surface area (Å²) in [5.74, 6) is -1.31. The molecule has 0 spiro atoms. The van der Waals surface area contributed by atoms with E-state index in [1.807, 2.05) is 6.92 Å². The predicted molar refractivity (Wildman–Crippen MR) is 134 cm³/mol. The Kier molecular flexibility index (Phi) is 10.4. The largest absolute Gasteiger partial charge is 0.416 e. The van der Waals surface area contributed by atoms with Crippen molar-refractivity contribution in [3.63, 3.8) is 0 Å². The maximum atomic E-state index is 12.8. The molecule has 41 heavy (non-hydrogen) atoms. The minimum absolute atomic E-state index is 0.0192. The fraction of sp³-hybridized carbons (Fsp3) is 0.333. The fourth-order valence-corrected chi connectivity index (χ4v) is 4.61. The first-order chi connectivity index (χ1) is 19.1. The number of hydrogen-bond donors (Lipinski definition) is 1. The van der Waals surface area contributed by atoms with Crippen LogP contribution >= 0.6 is 0 Å². The lowest BCUT2D eigenvalue weighted by atomic mass is 10.1. The Morgan fingerprint density at radius 1 is 0.902 bits per heavy atom. The van der Waals surface area contributed by atoms with Crippen LogP contribution in [0.25, 0.3) is 0 Å². The number of morpholine rings is 1. The van der Waals surface area contributed by atoms with Crippen molar-refractivity contribution in [3.05, 3.63) is 94.8 Å². The molecule has 0 saturated carbocycles. The molecule has 224 valence electrons. The zero-order valence-electron chi connectivity index (χ0n) is 21.7. The maximum absolute atomic E-state index is 12.8. The van der Waals surface area contributed by atoms with E-state index in [4.69, 9.17) is 9.47 Å². The first-order valence-corrected chi connectivity index (χ1v) is 13.5. The molecule has 0 amide bonds. The standard InChI is InChI=1S/C15H10F6O3S.C12H16FNO2/c1-9-2-4-13(5-3-9)25(22,23)24-12-7-10(14(16,17)18)6-11(8-12)15(19,20)21;1-2-15-12-11(14-7-8-16-12)9-3-5-10(13)6-4-9/h2-8H,1H3;3-6,11-12,14H,2,7-8H2,1H3. The number of ether oxygens (including phenoxy) is 2. The third kappa shape index (κ3) is 9.15. The summed E-state index contributed by atoms with van der Waals surface area (Å²) in [5, 5.41) is 3.32. The van der Waals surface area contributed by atoms with E-state index >= 15 is 0 Å². The van der Waals surface area contributed by atoms with Gasteiger partial charge in [-0.05, 0) is 61.9 Å². The van der Waals surface area contributed by atoms with Gasteiger partial charge in [-0.2, -0.15) is 34.8 Å². The molecule has 2 atom stereocenters. The second-order valence-corrected chi connectivity index (χ2v) is 10.3. The first kappa shape index (κ1) is 32.3. The van der Waals surface area contributed by atoms with Gasteiger partial charge in [-0.1, -0.05) is 29.8 Å². The molecule has 1 aliphatic rings. The quantitative estimate of drug-likeness (QED) is 0.249. The normalized spacial score (nSPS) is 17.9. The molecule has 1 aliphatic heterocycles. The van der Waals surface area contributed by atoms with E-state index in [1.165, 1.54) is 24.3 Å². The number of nitrogens with one attached hydrogen (secondary N) is 1. The number of rotatable bonds is 6. The van der Waals surface area contributed by atoms with Gasteiger partial charge in [0.2, 0.25) is 0 Å². The average molecular weight is 610 g/mol. The van der Waals surface area contributed by atoms with Gasteiger partial charge in [0.05, 0.1) is 23.8 Å². The van der Waals surface area contributed by atoms with E-state index in [0.717, 1.165) is 24.2 Å².